The molecule has 3 atom stereocenters. The molecule has 0 radical (unpaired) electrons. The molecule has 16 heavy (non-hydrogen) atoms. The third-order valence-electron chi connectivity index (χ3n) is 4.38. The van der Waals surface area contributed by atoms with Crippen molar-refractivity contribution in [2.45, 2.75) is 37.1 Å². The Morgan fingerprint density at radius 1 is 1.31 bits per heavy atom. The molecule has 2 heteroatoms. The Hall–Kier alpha value is -1.31. The first kappa shape index (κ1) is 8.80. The summed E-state index contributed by atoms with van der Waals surface area (Å²) in [6, 6.07) is 7.31. The van der Waals surface area contributed by atoms with E-state index in [1.165, 1.54) is 18.5 Å². The van der Waals surface area contributed by atoms with Crippen molar-refractivity contribution >= 4 is 11.9 Å². The van der Waals surface area contributed by atoms with Crippen molar-refractivity contribution in [3.8, 4) is 0 Å². The van der Waals surface area contributed by atoms with Gasteiger partial charge in [-0.1, -0.05) is 12.1 Å². The lowest BCUT2D eigenvalue weighted by Crippen LogP contribution is -2.29. The summed E-state index contributed by atoms with van der Waals surface area (Å²) >= 11 is 0. The Morgan fingerprint density at radius 3 is 3.31 bits per heavy atom. The summed E-state index contributed by atoms with van der Waals surface area (Å²) < 4.78 is 0. The Balaban J connectivity index is 1.90. The van der Waals surface area contributed by atoms with Crippen LogP contribution in [0.25, 0.3) is 0 Å². The second-order valence-corrected chi connectivity index (χ2v) is 5.20. The number of rotatable bonds is 0. The fourth-order valence-corrected chi connectivity index (χ4v) is 3.69. The Morgan fingerprint density at radius 2 is 2.31 bits per heavy atom. The van der Waals surface area contributed by atoms with Gasteiger partial charge in [-0.15, -0.1) is 0 Å². The van der Waals surface area contributed by atoms with Crippen LogP contribution in [-0.4, -0.2) is 18.8 Å². The van der Waals surface area contributed by atoms with E-state index in [0.717, 1.165) is 13.0 Å². The van der Waals surface area contributed by atoms with E-state index < -0.39 is 0 Å². The summed E-state index contributed by atoms with van der Waals surface area (Å²) in [6.07, 6.45) is 5.83. The van der Waals surface area contributed by atoms with Crippen LogP contribution in [0.5, 0.6) is 0 Å². The molecule has 2 unspecified atom stereocenters. The number of nitrogens with zero attached hydrogens (tertiary/aromatic N) is 1. The first-order valence-electron chi connectivity index (χ1n) is 6.32. The molecule has 0 amide bonds. The number of benzene rings is 1. The number of anilines is 1. The molecule has 2 aliphatic heterocycles. The van der Waals surface area contributed by atoms with E-state index in [1.54, 1.807) is 11.1 Å². The SMILES string of the molecule is C1=N[C@@H]2CC3CNc4cccc(c43)C2CC1. The van der Waals surface area contributed by atoms with E-state index in [9.17, 15) is 0 Å². The summed E-state index contributed by atoms with van der Waals surface area (Å²) in [4.78, 5) is 4.72. The van der Waals surface area contributed by atoms with Crippen LogP contribution in [-0.2, 0) is 0 Å². The molecule has 82 valence electrons. The average molecular weight is 212 g/mol. The van der Waals surface area contributed by atoms with Crippen LogP contribution >= 0.6 is 0 Å². The van der Waals surface area contributed by atoms with Crippen molar-refractivity contribution in [3.05, 3.63) is 29.3 Å². The molecule has 0 bridgehead atoms. The van der Waals surface area contributed by atoms with Gasteiger partial charge in [-0.2, -0.15) is 0 Å². The van der Waals surface area contributed by atoms with Gasteiger partial charge in [0.25, 0.3) is 0 Å². The van der Waals surface area contributed by atoms with E-state index in [1.807, 2.05) is 0 Å². The van der Waals surface area contributed by atoms with Gasteiger partial charge in [-0.05, 0) is 42.7 Å². The third kappa shape index (κ3) is 1.05. The molecule has 0 fully saturated rings. The van der Waals surface area contributed by atoms with E-state index in [0.29, 0.717) is 17.9 Å². The van der Waals surface area contributed by atoms with Crippen molar-refractivity contribution in [2.75, 3.05) is 11.9 Å². The number of hydrogen-bond donors (Lipinski definition) is 1. The molecule has 2 nitrogen and oxygen atoms in total. The maximum atomic E-state index is 4.72. The minimum atomic E-state index is 0.557. The van der Waals surface area contributed by atoms with Gasteiger partial charge in [0.1, 0.15) is 0 Å². The van der Waals surface area contributed by atoms with Gasteiger partial charge >= 0.3 is 0 Å². The fraction of sp³-hybridized carbons (Fsp3) is 0.500. The first-order chi connectivity index (χ1) is 7.93. The molecule has 0 saturated heterocycles. The third-order valence-corrected chi connectivity index (χ3v) is 4.38. The van der Waals surface area contributed by atoms with Crippen LogP contribution in [0.2, 0.25) is 0 Å². The largest absolute Gasteiger partial charge is 0.384 e. The number of nitrogens with one attached hydrogen (secondary N) is 1. The minimum absolute atomic E-state index is 0.557. The second-order valence-electron chi connectivity index (χ2n) is 5.20. The molecule has 3 aliphatic rings. The van der Waals surface area contributed by atoms with E-state index in [-0.39, 0.29) is 0 Å². The lowest BCUT2D eigenvalue weighted by Gasteiger charge is -2.35. The van der Waals surface area contributed by atoms with E-state index >= 15 is 0 Å². The highest BCUT2D eigenvalue weighted by Crippen LogP contribution is 2.48. The van der Waals surface area contributed by atoms with Crippen LogP contribution < -0.4 is 5.32 Å². The topological polar surface area (TPSA) is 24.4 Å². The maximum Gasteiger partial charge on any atom is 0.0570 e. The molecule has 0 spiro atoms. The van der Waals surface area contributed by atoms with Crippen molar-refractivity contribution in [3.63, 3.8) is 0 Å². The highest BCUT2D eigenvalue weighted by molar-refractivity contribution is 5.65. The van der Waals surface area contributed by atoms with Gasteiger partial charge in [0.05, 0.1) is 6.04 Å². The van der Waals surface area contributed by atoms with Crippen molar-refractivity contribution < 1.29 is 0 Å². The van der Waals surface area contributed by atoms with E-state index in [2.05, 4.69) is 29.7 Å². The molecule has 1 aromatic carbocycles. The highest BCUT2D eigenvalue weighted by Gasteiger charge is 2.38. The molecule has 2 heterocycles. The van der Waals surface area contributed by atoms with Crippen molar-refractivity contribution in [1.82, 2.24) is 0 Å². The van der Waals surface area contributed by atoms with Crippen LogP contribution in [0.15, 0.2) is 23.2 Å². The zero-order valence-corrected chi connectivity index (χ0v) is 9.32. The maximum absolute atomic E-state index is 4.72. The molecule has 0 saturated carbocycles. The van der Waals surface area contributed by atoms with Gasteiger partial charge in [0, 0.05) is 24.1 Å². The summed E-state index contributed by atoms with van der Waals surface area (Å²) in [6.45, 7) is 1.12. The summed E-state index contributed by atoms with van der Waals surface area (Å²) in [5, 5.41) is 3.54. The molecule has 0 aromatic heterocycles. The zero-order valence-electron chi connectivity index (χ0n) is 9.32. The van der Waals surface area contributed by atoms with Gasteiger partial charge in [0.2, 0.25) is 0 Å². The molecular formula is C14H16N2. The van der Waals surface area contributed by atoms with Gasteiger partial charge in [-0.25, -0.2) is 0 Å². The predicted octanol–water partition coefficient (Wildman–Crippen LogP) is 2.92. The normalized spacial score (nSPS) is 34.1. The number of aliphatic imine (C=N–C) groups is 1. The van der Waals surface area contributed by atoms with Crippen LogP contribution in [0.3, 0.4) is 0 Å². The average Bonchev–Trinajstić information content (AvgIpc) is 2.75. The Bertz CT molecular complexity index is 464. The minimum Gasteiger partial charge on any atom is -0.384 e. The molecule has 1 N–H and O–H groups in total. The number of hydrogen-bond acceptors (Lipinski definition) is 2. The summed E-state index contributed by atoms with van der Waals surface area (Å²) in [5.41, 5.74) is 4.58. The van der Waals surface area contributed by atoms with Crippen LogP contribution in [0, 0.1) is 0 Å². The quantitative estimate of drug-likeness (QED) is 0.702. The van der Waals surface area contributed by atoms with Crippen molar-refractivity contribution in [1.29, 1.82) is 0 Å². The summed E-state index contributed by atoms with van der Waals surface area (Å²) in [5.74, 6) is 1.40. The number of fused-ring (bicyclic) bond motifs is 2. The fourth-order valence-electron chi connectivity index (χ4n) is 3.69. The smallest absolute Gasteiger partial charge is 0.0570 e. The standard InChI is InChI=1S/C14H16N2/c1-3-11-10-4-2-6-15-13(10)7-9-8-16-12(5-1)14(9)11/h1,3,5-6,9-10,13,16H,2,4,7-8H2/t9?,10?,13-/m1/s1. The lowest BCUT2D eigenvalue weighted by molar-refractivity contribution is 0.411. The van der Waals surface area contributed by atoms with Crippen molar-refractivity contribution in [2.24, 2.45) is 4.99 Å². The second kappa shape index (κ2) is 3.09. The van der Waals surface area contributed by atoms with Gasteiger partial charge in [-0.3, -0.25) is 4.99 Å². The molecule has 1 aliphatic carbocycles. The Labute approximate surface area is 95.8 Å². The Kier molecular flexibility index (Phi) is 1.70. The van der Waals surface area contributed by atoms with E-state index in [4.69, 9.17) is 4.99 Å². The molecule has 1 aromatic rings. The molecule has 4 rings (SSSR count). The van der Waals surface area contributed by atoms with Gasteiger partial charge in [0.15, 0.2) is 0 Å². The zero-order chi connectivity index (χ0) is 10.5. The first-order valence-corrected chi connectivity index (χ1v) is 6.32. The van der Waals surface area contributed by atoms with Gasteiger partial charge < -0.3 is 5.32 Å². The highest BCUT2D eigenvalue weighted by atomic mass is 14.9. The lowest BCUT2D eigenvalue weighted by atomic mass is 9.72. The van der Waals surface area contributed by atoms with Crippen LogP contribution in [0.4, 0.5) is 5.69 Å². The molecular weight excluding hydrogens is 196 g/mol. The monoisotopic (exact) mass is 212 g/mol. The van der Waals surface area contributed by atoms with Crippen LogP contribution in [0.1, 0.15) is 42.2 Å². The predicted molar refractivity (Wildman–Crippen MR) is 66.5 cm³/mol. The summed E-state index contributed by atoms with van der Waals surface area (Å²) in [7, 11) is 0.